The molecule has 1 rings (SSSR count). The summed E-state index contributed by atoms with van der Waals surface area (Å²) in [5, 5.41) is 10.3. The van der Waals surface area contributed by atoms with Crippen LogP contribution in [0.5, 0.6) is 0 Å². The van der Waals surface area contributed by atoms with Crippen LogP contribution in [0.15, 0.2) is 35.5 Å². The second-order valence-electron chi connectivity index (χ2n) is 4.40. The molecule has 1 aromatic carbocycles. The van der Waals surface area contributed by atoms with Crippen LogP contribution in [0, 0.1) is 0 Å². The van der Waals surface area contributed by atoms with Crippen molar-refractivity contribution in [3.8, 4) is 0 Å². The van der Waals surface area contributed by atoms with Crippen molar-refractivity contribution < 1.29 is 22.0 Å². The highest BCUT2D eigenvalue weighted by molar-refractivity contribution is 8.08. The molecule has 0 saturated heterocycles. The smallest absolute Gasteiger partial charge is 0.249 e. The molecular weight excluding hydrogens is 318 g/mol. The van der Waals surface area contributed by atoms with Crippen molar-refractivity contribution >= 4 is 31.4 Å². The first-order chi connectivity index (χ1) is 9.65. The molecule has 3 N–H and O–H groups in total. The van der Waals surface area contributed by atoms with E-state index in [4.69, 9.17) is 10.9 Å². The summed E-state index contributed by atoms with van der Waals surface area (Å²) < 4.78 is 48.0. The summed E-state index contributed by atoms with van der Waals surface area (Å²) in [5.74, 6) is -0.148. The number of nitrogens with two attached hydrogens (primary N) is 1. The molecule has 0 fully saturated rings. The van der Waals surface area contributed by atoms with Crippen molar-refractivity contribution in [3.63, 3.8) is 0 Å². The van der Waals surface area contributed by atoms with Gasteiger partial charge in [-0.3, -0.25) is 4.31 Å². The van der Waals surface area contributed by atoms with E-state index in [2.05, 4.69) is 5.16 Å². The van der Waals surface area contributed by atoms with Gasteiger partial charge < -0.3 is 10.9 Å². The summed E-state index contributed by atoms with van der Waals surface area (Å²) in [6.07, 6.45) is 0.811. The van der Waals surface area contributed by atoms with Crippen molar-refractivity contribution in [1.29, 1.82) is 0 Å². The minimum absolute atomic E-state index is 0.0333. The Labute approximate surface area is 123 Å². The molecule has 0 amide bonds. The maximum absolute atomic E-state index is 12.3. The van der Waals surface area contributed by atoms with E-state index in [9.17, 15) is 16.8 Å². The highest BCUT2D eigenvalue weighted by Crippen LogP contribution is 2.19. The molecule has 0 aromatic heterocycles. The van der Waals surface area contributed by atoms with Gasteiger partial charge in [0.1, 0.15) is 5.84 Å². The molecule has 0 radical (unpaired) electrons. The van der Waals surface area contributed by atoms with Crippen LogP contribution in [0.4, 0.5) is 5.69 Å². The predicted octanol–water partition coefficient (Wildman–Crippen LogP) is -0.0386. The monoisotopic (exact) mass is 335 g/mol. The van der Waals surface area contributed by atoms with Crippen molar-refractivity contribution in [2.75, 3.05) is 22.2 Å². The van der Waals surface area contributed by atoms with Crippen molar-refractivity contribution in [1.82, 2.24) is 0 Å². The first-order valence-electron chi connectivity index (χ1n) is 5.85. The van der Waals surface area contributed by atoms with E-state index in [0.717, 1.165) is 10.6 Å². The Morgan fingerprint density at radius 1 is 1.24 bits per heavy atom. The molecule has 0 heterocycles. The van der Waals surface area contributed by atoms with E-state index in [1.165, 1.54) is 12.1 Å². The molecule has 10 heteroatoms. The van der Waals surface area contributed by atoms with Gasteiger partial charge in [0, 0.05) is 19.2 Å². The van der Waals surface area contributed by atoms with Crippen molar-refractivity contribution in [2.45, 2.75) is 6.42 Å². The summed E-state index contributed by atoms with van der Waals surface area (Å²) in [6.45, 7) is -0.127. The maximum atomic E-state index is 12.3. The van der Waals surface area contributed by atoms with Gasteiger partial charge in [0.25, 0.3) is 0 Å². The zero-order valence-electron chi connectivity index (χ0n) is 11.4. The van der Waals surface area contributed by atoms with Crippen LogP contribution >= 0.6 is 0 Å². The Kier molecular flexibility index (Phi) is 5.55. The molecule has 0 saturated carbocycles. The van der Waals surface area contributed by atoms with Crippen LogP contribution < -0.4 is 10.0 Å². The molecule has 0 aliphatic heterocycles. The van der Waals surface area contributed by atoms with E-state index >= 15 is 0 Å². The predicted molar refractivity (Wildman–Crippen MR) is 80.4 cm³/mol. The van der Waals surface area contributed by atoms with E-state index < -0.39 is 24.9 Å². The molecule has 0 bridgehead atoms. The maximum Gasteiger partial charge on any atom is 0.249 e. The summed E-state index contributed by atoms with van der Waals surface area (Å²) in [7, 11) is -7.80. The molecular formula is C11H17N3O5S2. The Morgan fingerprint density at radius 2 is 1.81 bits per heavy atom. The summed E-state index contributed by atoms with van der Waals surface area (Å²) in [6, 6.07) is 8.02. The summed E-state index contributed by atoms with van der Waals surface area (Å²) >= 11 is 0. The number of nitrogens with zero attached hydrogens (tertiary/aromatic N) is 2. The van der Waals surface area contributed by atoms with Gasteiger partial charge in [0.2, 0.25) is 10.0 Å². The van der Waals surface area contributed by atoms with Gasteiger partial charge >= 0.3 is 0 Å². The van der Waals surface area contributed by atoms with Crippen molar-refractivity contribution in [3.05, 3.63) is 30.3 Å². The minimum Gasteiger partial charge on any atom is -0.409 e. The lowest BCUT2D eigenvalue weighted by Crippen LogP contribution is -2.37. The van der Waals surface area contributed by atoms with Gasteiger partial charge in [-0.2, -0.15) is 0 Å². The van der Waals surface area contributed by atoms with Crippen molar-refractivity contribution in [2.24, 2.45) is 10.9 Å². The number of benzene rings is 1. The first kappa shape index (κ1) is 17.2. The van der Waals surface area contributed by atoms with Crippen LogP contribution in [0.25, 0.3) is 0 Å². The molecule has 0 aliphatic rings. The lowest BCUT2D eigenvalue weighted by atomic mass is 10.3. The zero-order valence-corrected chi connectivity index (χ0v) is 13.0. The number of anilines is 1. The topological polar surface area (TPSA) is 130 Å². The third-order valence-electron chi connectivity index (χ3n) is 2.44. The number of para-hydroxylation sites is 1. The average Bonchev–Trinajstić information content (AvgIpc) is 2.36. The standard InChI is InChI=1S/C11H17N3O5S2/c1-20(16,17)9-21(18,19)14(8-7-11(12)13-15)10-5-3-2-4-6-10/h2-6,15H,7-9H2,1H3,(H2,12,13). The van der Waals surface area contributed by atoms with Gasteiger partial charge in [-0.1, -0.05) is 23.4 Å². The number of oxime groups is 1. The van der Waals surface area contributed by atoms with Crippen LogP contribution in [0.1, 0.15) is 6.42 Å². The normalized spacial score (nSPS) is 13.1. The Morgan fingerprint density at radius 3 is 2.29 bits per heavy atom. The molecule has 0 aliphatic carbocycles. The average molecular weight is 335 g/mol. The number of amidine groups is 1. The SMILES string of the molecule is CS(=O)(=O)CS(=O)(=O)N(CC/C(N)=N/O)c1ccccc1. The molecule has 0 spiro atoms. The number of hydrogen-bond acceptors (Lipinski definition) is 6. The Balaban J connectivity index is 3.13. The van der Waals surface area contributed by atoms with Gasteiger partial charge in [-0.25, -0.2) is 16.8 Å². The van der Waals surface area contributed by atoms with E-state index in [-0.39, 0.29) is 18.8 Å². The highest BCUT2D eigenvalue weighted by atomic mass is 32.3. The quantitative estimate of drug-likeness (QED) is 0.311. The third kappa shape index (κ3) is 5.60. The second-order valence-corrected chi connectivity index (χ2v) is 8.80. The summed E-state index contributed by atoms with van der Waals surface area (Å²) in [5.41, 5.74) is 5.64. The van der Waals surface area contributed by atoms with Gasteiger partial charge in [0.15, 0.2) is 14.9 Å². The van der Waals surface area contributed by atoms with Gasteiger partial charge in [-0.15, -0.1) is 0 Å². The lowest BCUT2D eigenvalue weighted by Gasteiger charge is -2.23. The van der Waals surface area contributed by atoms with Crippen LogP contribution in [-0.2, 0) is 19.9 Å². The van der Waals surface area contributed by atoms with Crippen LogP contribution in [0.3, 0.4) is 0 Å². The Bertz CT molecular complexity index is 699. The fourth-order valence-electron chi connectivity index (χ4n) is 1.62. The molecule has 0 atom stereocenters. The van der Waals surface area contributed by atoms with Gasteiger partial charge in [-0.05, 0) is 12.1 Å². The Hall–Kier alpha value is -1.81. The number of sulfonamides is 1. The first-order valence-corrected chi connectivity index (χ1v) is 9.52. The zero-order chi connectivity index (χ0) is 16.1. The van der Waals surface area contributed by atoms with E-state index in [0.29, 0.717) is 5.69 Å². The van der Waals surface area contributed by atoms with Gasteiger partial charge in [0.05, 0.1) is 5.69 Å². The third-order valence-corrected chi connectivity index (χ3v) is 6.41. The molecule has 1 aromatic rings. The second kappa shape index (κ2) is 6.76. The van der Waals surface area contributed by atoms with E-state index in [1.54, 1.807) is 18.2 Å². The number of sulfone groups is 1. The highest BCUT2D eigenvalue weighted by Gasteiger charge is 2.27. The fourth-order valence-corrected chi connectivity index (χ4v) is 5.11. The number of hydrogen-bond donors (Lipinski definition) is 2. The largest absolute Gasteiger partial charge is 0.409 e. The molecule has 8 nitrogen and oxygen atoms in total. The minimum atomic E-state index is -4.08. The fraction of sp³-hybridized carbons (Fsp3) is 0.364. The van der Waals surface area contributed by atoms with E-state index in [1.807, 2.05) is 0 Å². The molecule has 0 unspecified atom stereocenters. The summed E-state index contributed by atoms with van der Waals surface area (Å²) in [4.78, 5) is 0. The lowest BCUT2D eigenvalue weighted by molar-refractivity contribution is 0.317. The molecule has 21 heavy (non-hydrogen) atoms. The van der Waals surface area contributed by atoms with Crippen LogP contribution in [0.2, 0.25) is 0 Å². The van der Waals surface area contributed by atoms with Crippen LogP contribution in [-0.4, -0.2) is 45.8 Å². The molecule has 118 valence electrons. The number of rotatable bonds is 7.